The number of hydrogen-bond acceptors (Lipinski definition) is 4. The summed E-state index contributed by atoms with van der Waals surface area (Å²) in [5.41, 5.74) is -0.351. The summed E-state index contributed by atoms with van der Waals surface area (Å²) in [6.45, 7) is 3.42. The SMILES string of the molecule is C=C1C=C(c2ncc(C(O)C(F)(F)F)o2)C=C(F)C1=N. The minimum atomic E-state index is -4.88. The van der Waals surface area contributed by atoms with Gasteiger partial charge in [0.25, 0.3) is 0 Å². The first-order chi connectivity index (χ1) is 9.20. The van der Waals surface area contributed by atoms with Crippen LogP contribution in [0.4, 0.5) is 17.6 Å². The fraction of sp³-hybridized carbons (Fsp3) is 0.167. The van der Waals surface area contributed by atoms with E-state index in [4.69, 9.17) is 14.9 Å². The zero-order valence-corrected chi connectivity index (χ0v) is 9.83. The molecule has 0 radical (unpaired) electrons. The van der Waals surface area contributed by atoms with Crippen molar-refractivity contribution in [2.45, 2.75) is 12.3 Å². The highest BCUT2D eigenvalue weighted by Gasteiger charge is 2.42. The Morgan fingerprint density at radius 1 is 1.35 bits per heavy atom. The van der Waals surface area contributed by atoms with Crippen LogP contribution in [0, 0.1) is 5.41 Å². The molecular weight excluding hydrogens is 280 g/mol. The van der Waals surface area contributed by atoms with E-state index in [2.05, 4.69) is 11.6 Å². The largest absolute Gasteiger partial charge is 0.438 e. The van der Waals surface area contributed by atoms with Crippen LogP contribution in [0.1, 0.15) is 17.8 Å². The average Bonchev–Trinajstić information content (AvgIpc) is 2.82. The van der Waals surface area contributed by atoms with E-state index in [1.165, 1.54) is 6.08 Å². The van der Waals surface area contributed by atoms with E-state index in [1.54, 1.807) is 0 Å². The van der Waals surface area contributed by atoms with E-state index in [0.29, 0.717) is 6.20 Å². The van der Waals surface area contributed by atoms with Crippen LogP contribution in [0.25, 0.3) is 5.57 Å². The summed E-state index contributed by atoms with van der Waals surface area (Å²) in [5, 5.41) is 16.3. The highest BCUT2D eigenvalue weighted by molar-refractivity contribution is 6.14. The molecule has 1 aromatic heterocycles. The molecule has 1 unspecified atom stereocenters. The van der Waals surface area contributed by atoms with Crippen LogP contribution in [0.2, 0.25) is 0 Å². The van der Waals surface area contributed by atoms with Crippen molar-refractivity contribution in [3.63, 3.8) is 0 Å². The first kappa shape index (κ1) is 14.2. The highest BCUT2D eigenvalue weighted by atomic mass is 19.4. The third kappa shape index (κ3) is 2.55. The predicted molar refractivity (Wildman–Crippen MR) is 61.6 cm³/mol. The first-order valence-corrected chi connectivity index (χ1v) is 5.28. The standard InChI is InChI=1S/C12H8F4N2O2/c1-5-2-6(3-7(13)9(5)17)11-18-4-8(20-11)10(19)12(14,15)16/h2-4,10,17,19H,1H2. The Morgan fingerprint density at radius 2 is 2.00 bits per heavy atom. The Bertz CT molecular complexity index is 640. The van der Waals surface area contributed by atoms with Gasteiger partial charge in [-0.25, -0.2) is 9.37 Å². The number of aliphatic hydroxyl groups excluding tert-OH is 1. The first-order valence-electron chi connectivity index (χ1n) is 5.28. The lowest BCUT2D eigenvalue weighted by Crippen LogP contribution is -2.19. The van der Waals surface area contributed by atoms with E-state index < -0.39 is 29.6 Å². The zero-order chi connectivity index (χ0) is 15.1. The van der Waals surface area contributed by atoms with Crippen molar-refractivity contribution in [3.8, 4) is 0 Å². The van der Waals surface area contributed by atoms with Crippen LogP contribution in [-0.2, 0) is 0 Å². The second-order valence-electron chi connectivity index (χ2n) is 4.00. The molecule has 4 nitrogen and oxygen atoms in total. The molecule has 0 saturated heterocycles. The Morgan fingerprint density at radius 3 is 2.55 bits per heavy atom. The molecule has 1 heterocycles. The van der Waals surface area contributed by atoms with E-state index in [0.717, 1.165) is 6.08 Å². The van der Waals surface area contributed by atoms with Crippen molar-refractivity contribution in [2.24, 2.45) is 0 Å². The maximum atomic E-state index is 13.4. The molecule has 0 aliphatic heterocycles. The molecule has 106 valence electrons. The fourth-order valence-corrected chi connectivity index (χ4v) is 1.49. The molecule has 0 amide bonds. The van der Waals surface area contributed by atoms with Gasteiger partial charge in [-0.15, -0.1) is 0 Å². The number of alkyl halides is 3. The fourth-order valence-electron chi connectivity index (χ4n) is 1.49. The Labute approximate surface area is 110 Å². The van der Waals surface area contributed by atoms with Crippen LogP contribution in [0.3, 0.4) is 0 Å². The topological polar surface area (TPSA) is 70.1 Å². The Balaban J connectivity index is 2.33. The van der Waals surface area contributed by atoms with Gasteiger partial charge in [0.05, 0.1) is 11.9 Å². The summed E-state index contributed by atoms with van der Waals surface area (Å²) in [6.07, 6.45) is -4.83. The molecule has 2 rings (SSSR count). The number of oxazole rings is 1. The maximum Gasteiger partial charge on any atom is 0.421 e. The maximum absolute atomic E-state index is 13.4. The van der Waals surface area contributed by atoms with E-state index in [-0.39, 0.29) is 17.0 Å². The number of allylic oxidation sites excluding steroid dienone is 5. The van der Waals surface area contributed by atoms with Gasteiger partial charge in [-0.1, -0.05) is 6.58 Å². The van der Waals surface area contributed by atoms with Crippen molar-refractivity contribution < 1.29 is 27.1 Å². The lowest BCUT2D eigenvalue weighted by atomic mass is 10.0. The van der Waals surface area contributed by atoms with Crippen LogP contribution < -0.4 is 0 Å². The lowest BCUT2D eigenvalue weighted by molar-refractivity contribution is -0.211. The monoisotopic (exact) mass is 288 g/mol. The van der Waals surface area contributed by atoms with Gasteiger partial charge in [-0.3, -0.25) is 5.41 Å². The molecule has 1 aliphatic rings. The summed E-state index contributed by atoms with van der Waals surface area (Å²) in [4.78, 5) is 3.55. The van der Waals surface area contributed by atoms with Crippen LogP contribution in [0.5, 0.6) is 0 Å². The molecular formula is C12H8F4N2O2. The molecule has 2 N–H and O–H groups in total. The molecule has 20 heavy (non-hydrogen) atoms. The Hall–Kier alpha value is -2.22. The number of nitrogens with one attached hydrogen (secondary N) is 1. The number of aromatic nitrogens is 1. The lowest BCUT2D eigenvalue weighted by Gasteiger charge is -2.11. The minimum absolute atomic E-state index is 0.0316. The van der Waals surface area contributed by atoms with Crippen molar-refractivity contribution in [2.75, 3.05) is 0 Å². The van der Waals surface area contributed by atoms with E-state index in [9.17, 15) is 17.6 Å². The van der Waals surface area contributed by atoms with Gasteiger partial charge in [0.1, 0.15) is 5.83 Å². The molecule has 1 atom stereocenters. The molecule has 0 spiro atoms. The van der Waals surface area contributed by atoms with E-state index in [1.807, 2.05) is 0 Å². The minimum Gasteiger partial charge on any atom is -0.438 e. The van der Waals surface area contributed by atoms with Gasteiger partial charge in [0, 0.05) is 5.57 Å². The van der Waals surface area contributed by atoms with Crippen LogP contribution >= 0.6 is 0 Å². The third-order valence-electron chi connectivity index (χ3n) is 2.52. The van der Waals surface area contributed by atoms with Gasteiger partial charge in [0.2, 0.25) is 12.0 Å². The smallest absolute Gasteiger partial charge is 0.421 e. The van der Waals surface area contributed by atoms with Crippen molar-refractivity contribution >= 4 is 11.3 Å². The normalized spacial score (nSPS) is 17.9. The molecule has 8 heteroatoms. The van der Waals surface area contributed by atoms with Gasteiger partial charge in [-0.2, -0.15) is 13.2 Å². The number of hydrogen-bond donors (Lipinski definition) is 2. The molecule has 0 fully saturated rings. The van der Waals surface area contributed by atoms with Crippen molar-refractivity contribution in [1.82, 2.24) is 4.98 Å². The summed E-state index contributed by atoms with van der Waals surface area (Å²) >= 11 is 0. The molecule has 0 bridgehead atoms. The van der Waals surface area contributed by atoms with Crippen LogP contribution in [0.15, 0.2) is 40.7 Å². The third-order valence-corrected chi connectivity index (χ3v) is 2.52. The molecule has 0 aromatic carbocycles. The van der Waals surface area contributed by atoms with Gasteiger partial charge in [-0.05, 0) is 17.7 Å². The summed E-state index contributed by atoms with van der Waals surface area (Å²) in [5.74, 6) is -2.00. The van der Waals surface area contributed by atoms with Crippen molar-refractivity contribution in [1.29, 1.82) is 5.41 Å². The number of nitrogens with zero attached hydrogens (tertiary/aromatic N) is 1. The summed E-state index contributed by atoms with van der Waals surface area (Å²) in [7, 11) is 0. The number of aliphatic hydroxyl groups is 1. The second-order valence-corrected chi connectivity index (χ2v) is 4.00. The summed E-state index contributed by atoms with van der Waals surface area (Å²) in [6, 6.07) is 0. The van der Waals surface area contributed by atoms with Gasteiger partial charge in [0.15, 0.2) is 5.76 Å². The summed E-state index contributed by atoms with van der Waals surface area (Å²) < 4.78 is 55.0. The van der Waals surface area contributed by atoms with Gasteiger partial charge < -0.3 is 9.52 Å². The van der Waals surface area contributed by atoms with Gasteiger partial charge >= 0.3 is 6.18 Å². The second kappa shape index (κ2) is 4.71. The average molecular weight is 288 g/mol. The Kier molecular flexibility index (Phi) is 3.34. The van der Waals surface area contributed by atoms with E-state index >= 15 is 0 Å². The zero-order valence-electron chi connectivity index (χ0n) is 9.83. The predicted octanol–water partition coefficient (Wildman–Crippen LogP) is 3.10. The van der Waals surface area contributed by atoms with Crippen molar-refractivity contribution in [3.05, 3.63) is 48.0 Å². The number of halogens is 4. The molecule has 0 saturated carbocycles. The highest BCUT2D eigenvalue weighted by Crippen LogP contribution is 2.34. The molecule has 1 aliphatic carbocycles. The number of rotatable bonds is 2. The van der Waals surface area contributed by atoms with Crippen LogP contribution in [-0.4, -0.2) is 22.0 Å². The quantitative estimate of drug-likeness (QED) is 0.821. The molecule has 1 aromatic rings.